The van der Waals surface area contributed by atoms with Gasteiger partial charge in [-0.25, -0.2) is 0 Å². The van der Waals surface area contributed by atoms with Crippen LogP contribution in [0.2, 0.25) is 0 Å². The minimum Gasteiger partial charge on any atom is -0.455 e. The van der Waals surface area contributed by atoms with Crippen molar-refractivity contribution in [2.24, 2.45) is 0 Å². The van der Waals surface area contributed by atoms with Crippen molar-refractivity contribution in [1.29, 1.82) is 0 Å². The van der Waals surface area contributed by atoms with Crippen LogP contribution in [0.3, 0.4) is 0 Å². The van der Waals surface area contributed by atoms with E-state index in [0.29, 0.717) is 0 Å². The largest absolute Gasteiger partial charge is 0.455 e. The van der Waals surface area contributed by atoms with Crippen LogP contribution in [0, 0.1) is 20.8 Å². The highest BCUT2D eigenvalue weighted by Gasteiger charge is 2.20. The van der Waals surface area contributed by atoms with Crippen molar-refractivity contribution in [3.05, 3.63) is 265 Å². The molecule has 15 aromatic rings. The van der Waals surface area contributed by atoms with E-state index >= 15 is 0 Å². The Balaban J connectivity index is 0.797. The molecule has 0 aliphatic rings. The maximum atomic E-state index is 6.76. The first kappa shape index (κ1) is 45.4. The third-order valence-corrected chi connectivity index (χ3v) is 15.9. The summed E-state index contributed by atoms with van der Waals surface area (Å²) in [5, 5.41) is 6.68. The Kier molecular flexibility index (Phi) is 10.6. The third-order valence-electron chi connectivity index (χ3n) is 15.9. The zero-order chi connectivity index (χ0) is 52.0. The molecule has 0 saturated heterocycles. The minimum atomic E-state index is 0.876. The summed E-state index contributed by atoms with van der Waals surface area (Å²) in [6, 6.07) is 89.8. The average Bonchev–Trinajstić information content (AvgIpc) is 4.32. The number of furan rings is 3. The van der Waals surface area contributed by atoms with Crippen LogP contribution in [0.25, 0.3) is 155 Å². The van der Waals surface area contributed by atoms with Gasteiger partial charge in [0.25, 0.3) is 0 Å². The lowest BCUT2D eigenvalue weighted by atomic mass is 9.89. The summed E-state index contributed by atoms with van der Waals surface area (Å²) >= 11 is 0. The fourth-order valence-electron chi connectivity index (χ4n) is 12.1. The molecule has 3 heterocycles. The van der Waals surface area contributed by atoms with Gasteiger partial charge in [0.15, 0.2) is 0 Å². The van der Waals surface area contributed by atoms with E-state index in [1.165, 1.54) is 38.9 Å². The van der Waals surface area contributed by atoms with Crippen LogP contribution in [0.5, 0.6) is 0 Å². The summed E-state index contributed by atoms with van der Waals surface area (Å²) in [7, 11) is 0. The molecule has 0 saturated carbocycles. The van der Waals surface area contributed by atoms with E-state index in [4.69, 9.17) is 13.3 Å². The maximum Gasteiger partial charge on any atom is 0.143 e. The first-order chi connectivity index (χ1) is 38.3. The monoisotopic (exact) mass is 998 g/mol. The van der Waals surface area contributed by atoms with Gasteiger partial charge in [-0.3, -0.25) is 0 Å². The fraction of sp³-hybridized carbons (Fsp3) is 0.0400. The van der Waals surface area contributed by atoms with Crippen molar-refractivity contribution in [2.75, 3.05) is 0 Å². The van der Waals surface area contributed by atoms with Gasteiger partial charge >= 0.3 is 0 Å². The molecule has 0 radical (unpaired) electrons. The lowest BCUT2D eigenvalue weighted by molar-refractivity contribution is 0.669. The van der Waals surface area contributed by atoms with E-state index in [1.54, 1.807) is 0 Å². The lowest BCUT2D eigenvalue weighted by Gasteiger charge is -2.14. The first-order valence-corrected chi connectivity index (χ1v) is 26.8. The minimum absolute atomic E-state index is 0.876. The van der Waals surface area contributed by atoms with Crippen molar-refractivity contribution < 1.29 is 13.3 Å². The van der Waals surface area contributed by atoms with Crippen LogP contribution in [0.15, 0.2) is 262 Å². The lowest BCUT2D eigenvalue weighted by Crippen LogP contribution is -1.90. The Labute approximate surface area is 451 Å². The fourth-order valence-corrected chi connectivity index (χ4v) is 12.1. The second-order valence-electron chi connectivity index (χ2n) is 21.0. The molecule has 15 rings (SSSR count). The van der Waals surface area contributed by atoms with E-state index < -0.39 is 0 Å². The summed E-state index contributed by atoms with van der Waals surface area (Å²) in [4.78, 5) is 0. The highest BCUT2D eigenvalue weighted by atomic mass is 16.3. The Morgan fingerprint density at radius 2 is 0.577 bits per heavy atom. The van der Waals surface area contributed by atoms with Gasteiger partial charge in [-0.1, -0.05) is 188 Å². The van der Waals surface area contributed by atoms with Crippen LogP contribution in [-0.4, -0.2) is 0 Å². The summed E-state index contributed by atoms with van der Waals surface area (Å²) in [6.07, 6.45) is 0. The van der Waals surface area contributed by atoms with E-state index in [-0.39, 0.29) is 0 Å². The Morgan fingerprint density at radius 1 is 0.205 bits per heavy atom. The van der Waals surface area contributed by atoms with Crippen molar-refractivity contribution >= 4 is 65.8 Å². The molecule has 0 aliphatic heterocycles. The molecule has 368 valence electrons. The molecule has 3 nitrogen and oxygen atoms in total. The molecule has 0 amide bonds. The molecule has 0 unspecified atom stereocenters. The number of hydrogen-bond acceptors (Lipinski definition) is 3. The number of rotatable bonds is 8. The van der Waals surface area contributed by atoms with Crippen LogP contribution in [0.1, 0.15) is 16.7 Å². The number of benzene rings is 12. The predicted molar refractivity (Wildman–Crippen MR) is 326 cm³/mol. The van der Waals surface area contributed by atoms with Crippen LogP contribution < -0.4 is 0 Å². The van der Waals surface area contributed by atoms with Crippen molar-refractivity contribution in [1.82, 2.24) is 0 Å². The first-order valence-electron chi connectivity index (χ1n) is 26.8. The number of fused-ring (bicyclic) bond motifs is 9. The molecule has 3 heteroatoms. The topological polar surface area (TPSA) is 39.4 Å². The van der Waals surface area contributed by atoms with Crippen LogP contribution in [0.4, 0.5) is 0 Å². The second kappa shape index (κ2) is 18.1. The van der Waals surface area contributed by atoms with Gasteiger partial charge in [-0.15, -0.1) is 0 Å². The molecular weight excluding hydrogens is 949 g/mol. The zero-order valence-corrected chi connectivity index (χ0v) is 43.4. The van der Waals surface area contributed by atoms with Crippen molar-refractivity contribution in [3.63, 3.8) is 0 Å². The zero-order valence-electron chi connectivity index (χ0n) is 43.4. The maximum absolute atomic E-state index is 6.76. The number of aryl methyl sites for hydroxylation is 3. The quantitative estimate of drug-likeness (QED) is 0.152. The molecule has 0 spiro atoms. The van der Waals surface area contributed by atoms with Gasteiger partial charge in [0.05, 0.1) is 0 Å². The van der Waals surface area contributed by atoms with E-state index in [9.17, 15) is 0 Å². The molecule has 0 aliphatic carbocycles. The van der Waals surface area contributed by atoms with Gasteiger partial charge in [-0.05, 0) is 171 Å². The molecule has 12 aromatic carbocycles. The van der Waals surface area contributed by atoms with Gasteiger partial charge in [-0.2, -0.15) is 0 Å². The van der Waals surface area contributed by atoms with Crippen LogP contribution >= 0.6 is 0 Å². The van der Waals surface area contributed by atoms with Crippen molar-refractivity contribution in [3.8, 4) is 89.0 Å². The normalized spacial score (nSPS) is 11.8. The summed E-state index contributed by atoms with van der Waals surface area (Å²) in [5.74, 6) is 0. The molecule has 78 heavy (non-hydrogen) atoms. The molecular formula is C75H50O3. The number of para-hydroxylation sites is 3. The number of hydrogen-bond donors (Lipinski definition) is 0. The molecule has 0 atom stereocenters. The highest BCUT2D eigenvalue weighted by molar-refractivity contribution is 6.14. The third kappa shape index (κ3) is 7.74. The summed E-state index contributed by atoms with van der Waals surface area (Å²) in [5.41, 5.74) is 27.1. The molecule has 0 fully saturated rings. The standard InChI is InChI=1S/C75H50O3/c1-45-15-13-19-53(33-45)64-39-56(43-67-61-21-7-10-24-70(61)76-73(64)67)50-29-27-49(28-30-50)51-18-14-20-54(37-51)65-41-57(44-69-63-23-9-11-25-71(63)77-74(65)69)52-31-32-60(47(3)36-52)58-34-46(2)35-59(38-58)66-40-55(48-16-5-4-6-17-48)42-68-62-22-8-12-26-72(62)78-75(66)68/h4-44H,1-3H3. The smallest absolute Gasteiger partial charge is 0.143 e. The predicted octanol–water partition coefficient (Wildman–Crippen LogP) is 21.6. The van der Waals surface area contributed by atoms with E-state index in [0.717, 1.165) is 133 Å². The molecule has 0 bridgehead atoms. The SMILES string of the molecule is Cc1cccc(-c2cc(-c3ccc(-c4cccc(-c5cc(-c6ccc(-c7cc(C)cc(-c8cc(-c9ccccc9)cc9c8oc8ccccc89)c7)c(C)c6)cc6c5oc5ccccc56)c4)cc3)cc3c2oc2ccccc23)c1. The van der Waals surface area contributed by atoms with Gasteiger partial charge in [0.1, 0.15) is 33.5 Å². The van der Waals surface area contributed by atoms with Crippen LogP contribution in [-0.2, 0) is 0 Å². The Bertz CT molecular complexity index is 4870. The van der Waals surface area contributed by atoms with E-state index in [1.807, 2.05) is 18.2 Å². The summed E-state index contributed by atoms with van der Waals surface area (Å²) in [6.45, 7) is 6.56. The summed E-state index contributed by atoms with van der Waals surface area (Å²) < 4.78 is 20.0. The Morgan fingerprint density at radius 3 is 1.12 bits per heavy atom. The average molecular weight is 999 g/mol. The molecule has 3 aromatic heterocycles. The van der Waals surface area contributed by atoms with Crippen molar-refractivity contribution in [2.45, 2.75) is 20.8 Å². The Hall–Kier alpha value is -9.96. The molecule has 0 N–H and O–H groups in total. The van der Waals surface area contributed by atoms with Gasteiger partial charge < -0.3 is 13.3 Å². The second-order valence-corrected chi connectivity index (χ2v) is 21.0. The highest BCUT2D eigenvalue weighted by Crippen LogP contribution is 2.45. The van der Waals surface area contributed by atoms with Gasteiger partial charge in [0, 0.05) is 49.0 Å². The van der Waals surface area contributed by atoms with E-state index in [2.05, 4.69) is 251 Å². The van der Waals surface area contributed by atoms with Gasteiger partial charge in [0.2, 0.25) is 0 Å².